The van der Waals surface area contributed by atoms with Crippen LogP contribution in [0.15, 0.2) is 42.5 Å². The lowest BCUT2D eigenvalue weighted by molar-refractivity contribution is 0.299. The molecule has 0 saturated carbocycles. The summed E-state index contributed by atoms with van der Waals surface area (Å²) >= 11 is 5.46. The van der Waals surface area contributed by atoms with Gasteiger partial charge in [-0.3, -0.25) is 0 Å². The average Bonchev–Trinajstić information content (AvgIpc) is 2.47. The molecular formula is C16H11ClF2O. The number of halogens is 3. The molecule has 1 nitrogen and oxygen atoms in total. The Hall–Kier alpha value is -2.05. The van der Waals surface area contributed by atoms with Crippen molar-refractivity contribution in [2.45, 2.75) is 6.61 Å². The Morgan fingerprint density at radius 2 is 1.80 bits per heavy atom. The van der Waals surface area contributed by atoms with Crippen molar-refractivity contribution >= 4 is 11.6 Å². The third-order valence-corrected chi connectivity index (χ3v) is 2.69. The minimum absolute atomic E-state index is 0.0314. The van der Waals surface area contributed by atoms with Gasteiger partial charge in [0.25, 0.3) is 0 Å². The van der Waals surface area contributed by atoms with Crippen LogP contribution < -0.4 is 4.74 Å². The molecule has 4 heteroatoms. The summed E-state index contributed by atoms with van der Waals surface area (Å²) < 4.78 is 31.8. The molecule has 20 heavy (non-hydrogen) atoms. The second-order valence-corrected chi connectivity index (χ2v) is 4.25. The first kappa shape index (κ1) is 14.4. The second kappa shape index (κ2) is 6.93. The van der Waals surface area contributed by atoms with Gasteiger partial charge in [0, 0.05) is 11.1 Å². The molecule has 0 heterocycles. The van der Waals surface area contributed by atoms with Crippen LogP contribution in [0.5, 0.6) is 5.75 Å². The summed E-state index contributed by atoms with van der Waals surface area (Å²) in [6, 6.07) is 10.3. The number of alkyl halides is 1. The summed E-state index contributed by atoms with van der Waals surface area (Å²) in [5.41, 5.74) is 0.992. The second-order valence-electron chi connectivity index (χ2n) is 3.98. The van der Waals surface area contributed by atoms with Gasteiger partial charge in [0.2, 0.25) is 0 Å². The SMILES string of the molecule is Fc1ccc(F)c(COc2ccc(C#CCCl)cc2)c1. The summed E-state index contributed by atoms with van der Waals surface area (Å²) in [6.07, 6.45) is 0. The van der Waals surface area contributed by atoms with E-state index >= 15 is 0 Å². The maximum absolute atomic E-state index is 13.4. The number of rotatable bonds is 3. The van der Waals surface area contributed by atoms with Crippen molar-refractivity contribution in [1.29, 1.82) is 0 Å². The van der Waals surface area contributed by atoms with E-state index in [1.807, 2.05) is 0 Å². The molecule has 0 aliphatic rings. The van der Waals surface area contributed by atoms with Crippen LogP contribution in [-0.4, -0.2) is 5.88 Å². The van der Waals surface area contributed by atoms with Crippen molar-refractivity contribution < 1.29 is 13.5 Å². The van der Waals surface area contributed by atoms with E-state index in [9.17, 15) is 8.78 Å². The first-order valence-electron chi connectivity index (χ1n) is 5.90. The number of ether oxygens (including phenoxy) is 1. The zero-order valence-corrected chi connectivity index (χ0v) is 11.3. The van der Waals surface area contributed by atoms with Crippen molar-refractivity contribution in [3.8, 4) is 17.6 Å². The zero-order valence-electron chi connectivity index (χ0n) is 10.5. The molecule has 0 aliphatic heterocycles. The van der Waals surface area contributed by atoms with E-state index in [1.54, 1.807) is 24.3 Å². The summed E-state index contributed by atoms with van der Waals surface area (Å²) in [7, 11) is 0. The van der Waals surface area contributed by atoms with Crippen LogP contribution in [0.3, 0.4) is 0 Å². The molecule has 2 aromatic carbocycles. The third-order valence-electron chi connectivity index (χ3n) is 2.56. The Labute approximate surface area is 121 Å². The van der Waals surface area contributed by atoms with Gasteiger partial charge in [-0.1, -0.05) is 11.8 Å². The van der Waals surface area contributed by atoms with E-state index in [4.69, 9.17) is 16.3 Å². The van der Waals surface area contributed by atoms with Gasteiger partial charge in [-0.15, -0.1) is 11.6 Å². The molecule has 0 saturated heterocycles. The Morgan fingerprint density at radius 1 is 1.05 bits per heavy atom. The Morgan fingerprint density at radius 3 is 2.50 bits per heavy atom. The summed E-state index contributed by atoms with van der Waals surface area (Å²) in [6.45, 7) is -0.0314. The maximum Gasteiger partial charge on any atom is 0.130 e. The first-order valence-corrected chi connectivity index (χ1v) is 6.44. The number of hydrogen-bond acceptors (Lipinski definition) is 1. The van der Waals surface area contributed by atoms with E-state index < -0.39 is 11.6 Å². The van der Waals surface area contributed by atoms with Crippen molar-refractivity contribution in [3.63, 3.8) is 0 Å². The normalized spacial score (nSPS) is 9.75. The fraction of sp³-hybridized carbons (Fsp3) is 0.125. The molecule has 2 rings (SSSR count). The summed E-state index contributed by atoms with van der Waals surface area (Å²) in [5.74, 6) is 5.46. The van der Waals surface area contributed by atoms with Crippen LogP contribution in [0, 0.1) is 23.5 Å². The lowest BCUT2D eigenvalue weighted by Gasteiger charge is -2.07. The van der Waals surface area contributed by atoms with Crippen LogP contribution in [0.1, 0.15) is 11.1 Å². The monoisotopic (exact) mass is 292 g/mol. The highest BCUT2D eigenvalue weighted by Crippen LogP contribution is 2.16. The number of hydrogen-bond donors (Lipinski definition) is 0. The Kier molecular flexibility index (Phi) is 4.97. The van der Waals surface area contributed by atoms with Gasteiger partial charge in [-0.05, 0) is 42.5 Å². The van der Waals surface area contributed by atoms with Crippen molar-refractivity contribution in [2.75, 3.05) is 5.88 Å². The van der Waals surface area contributed by atoms with E-state index in [-0.39, 0.29) is 18.1 Å². The molecule has 0 atom stereocenters. The Balaban J connectivity index is 2.02. The minimum atomic E-state index is -0.490. The Bertz CT molecular complexity index is 642. The third kappa shape index (κ3) is 3.97. The largest absolute Gasteiger partial charge is 0.489 e. The smallest absolute Gasteiger partial charge is 0.130 e. The lowest BCUT2D eigenvalue weighted by atomic mass is 10.2. The topological polar surface area (TPSA) is 9.23 Å². The molecule has 2 aromatic rings. The van der Waals surface area contributed by atoms with E-state index in [1.165, 1.54) is 0 Å². The summed E-state index contributed by atoms with van der Waals surface area (Å²) in [4.78, 5) is 0. The highest BCUT2D eigenvalue weighted by molar-refractivity contribution is 6.19. The van der Waals surface area contributed by atoms with Gasteiger partial charge >= 0.3 is 0 Å². The molecule has 0 radical (unpaired) electrons. The van der Waals surface area contributed by atoms with Crippen molar-refractivity contribution in [1.82, 2.24) is 0 Å². The molecular weight excluding hydrogens is 282 g/mol. The number of benzene rings is 2. The highest BCUT2D eigenvalue weighted by Gasteiger charge is 2.04. The standard InChI is InChI=1S/C16H11ClF2O/c17-9-1-2-12-3-6-15(7-4-12)20-11-13-10-14(18)5-8-16(13)19/h3-8,10H,9,11H2. The van der Waals surface area contributed by atoms with Gasteiger partial charge in [0.15, 0.2) is 0 Å². The van der Waals surface area contributed by atoms with Crippen LogP contribution in [0.25, 0.3) is 0 Å². The predicted octanol–water partition coefficient (Wildman–Crippen LogP) is 4.13. The van der Waals surface area contributed by atoms with Gasteiger partial charge in [-0.25, -0.2) is 8.78 Å². The van der Waals surface area contributed by atoms with E-state index in [2.05, 4.69) is 11.8 Å². The van der Waals surface area contributed by atoms with Crippen LogP contribution in [0.4, 0.5) is 8.78 Å². The molecule has 0 spiro atoms. The van der Waals surface area contributed by atoms with Crippen LogP contribution in [-0.2, 0) is 6.61 Å². The molecule has 102 valence electrons. The molecule has 0 aliphatic carbocycles. The van der Waals surface area contributed by atoms with E-state index in [0.717, 1.165) is 23.8 Å². The molecule has 0 aromatic heterocycles. The molecule has 0 fully saturated rings. The van der Waals surface area contributed by atoms with Crippen molar-refractivity contribution in [2.24, 2.45) is 0 Å². The van der Waals surface area contributed by atoms with Crippen LogP contribution >= 0.6 is 11.6 Å². The average molecular weight is 293 g/mol. The quantitative estimate of drug-likeness (QED) is 0.610. The maximum atomic E-state index is 13.4. The van der Waals surface area contributed by atoms with Crippen molar-refractivity contribution in [3.05, 3.63) is 65.2 Å². The lowest BCUT2D eigenvalue weighted by Crippen LogP contribution is -1.99. The van der Waals surface area contributed by atoms with Crippen LogP contribution in [0.2, 0.25) is 0 Å². The fourth-order valence-electron chi connectivity index (χ4n) is 1.58. The fourth-order valence-corrected chi connectivity index (χ4v) is 1.65. The predicted molar refractivity (Wildman–Crippen MR) is 74.7 cm³/mol. The van der Waals surface area contributed by atoms with E-state index in [0.29, 0.717) is 5.75 Å². The van der Waals surface area contributed by atoms with Gasteiger partial charge in [0.05, 0.1) is 5.88 Å². The van der Waals surface area contributed by atoms with Gasteiger partial charge in [-0.2, -0.15) is 0 Å². The first-order chi connectivity index (χ1) is 9.69. The molecule has 0 N–H and O–H groups in total. The van der Waals surface area contributed by atoms with Gasteiger partial charge in [0.1, 0.15) is 24.0 Å². The zero-order chi connectivity index (χ0) is 14.4. The summed E-state index contributed by atoms with van der Waals surface area (Å²) in [5, 5.41) is 0. The molecule has 0 unspecified atom stereocenters. The minimum Gasteiger partial charge on any atom is -0.489 e. The molecule has 0 bridgehead atoms. The highest BCUT2D eigenvalue weighted by atomic mass is 35.5. The molecule has 0 amide bonds. The van der Waals surface area contributed by atoms with Gasteiger partial charge < -0.3 is 4.74 Å².